The third-order valence-corrected chi connectivity index (χ3v) is 6.35. The molecule has 2 heterocycles. The number of esters is 1. The SMILES string of the molecule is NS(=O)(=O)c1ccc(OC(=O)c2[nH]nc3c2CCc2c-3cnn2Cc2ccccc2)cc1. The lowest BCUT2D eigenvalue weighted by Crippen LogP contribution is -2.15. The summed E-state index contributed by atoms with van der Waals surface area (Å²) in [5.41, 5.74) is 4.88. The topological polar surface area (TPSA) is 133 Å². The third-order valence-electron chi connectivity index (χ3n) is 5.42. The molecule has 0 radical (unpaired) electrons. The summed E-state index contributed by atoms with van der Waals surface area (Å²) in [7, 11) is -3.81. The summed E-state index contributed by atoms with van der Waals surface area (Å²) in [6.07, 6.45) is 3.12. The van der Waals surface area contributed by atoms with Crippen LogP contribution in [0.4, 0.5) is 0 Å². The van der Waals surface area contributed by atoms with E-state index in [0.29, 0.717) is 18.7 Å². The van der Waals surface area contributed by atoms with E-state index >= 15 is 0 Å². The van der Waals surface area contributed by atoms with Gasteiger partial charge in [0, 0.05) is 16.8 Å². The maximum absolute atomic E-state index is 12.7. The van der Waals surface area contributed by atoms with Gasteiger partial charge in [0.05, 0.1) is 23.3 Å². The number of rotatable bonds is 5. The Hall–Kier alpha value is -3.76. The minimum atomic E-state index is -3.81. The van der Waals surface area contributed by atoms with Crippen LogP contribution in [-0.2, 0) is 29.4 Å². The first-order chi connectivity index (χ1) is 15.4. The minimum Gasteiger partial charge on any atom is -0.422 e. The summed E-state index contributed by atoms with van der Waals surface area (Å²) in [4.78, 5) is 12.7. The van der Waals surface area contributed by atoms with Crippen molar-refractivity contribution in [2.45, 2.75) is 24.3 Å². The number of hydrogen-bond acceptors (Lipinski definition) is 6. The second-order valence-electron chi connectivity index (χ2n) is 7.48. The van der Waals surface area contributed by atoms with Gasteiger partial charge in [0.2, 0.25) is 10.0 Å². The molecule has 0 spiro atoms. The fourth-order valence-electron chi connectivity index (χ4n) is 3.86. The van der Waals surface area contributed by atoms with Crippen molar-refractivity contribution in [3.63, 3.8) is 0 Å². The third kappa shape index (κ3) is 3.70. The van der Waals surface area contributed by atoms with Gasteiger partial charge in [-0.1, -0.05) is 30.3 Å². The number of hydrogen-bond donors (Lipinski definition) is 2. The number of aromatic nitrogens is 4. The predicted molar refractivity (Wildman–Crippen MR) is 116 cm³/mol. The molecule has 10 heteroatoms. The first-order valence-electron chi connectivity index (χ1n) is 9.91. The van der Waals surface area contributed by atoms with Crippen LogP contribution in [0.15, 0.2) is 65.7 Å². The summed E-state index contributed by atoms with van der Waals surface area (Å²) >= 11 is 0. The highest BCUT2D eigenvalue weighted by atomic mass is 32.2. The van der Waals surface area contributed by atoms with Gasteiger partial charge in [0.25, 0.3) is 0 Å². The van der Waals surface area contributed by atoms with Gasteiger partial charge in [-0.05, 0) is 42.7 Å². The van der Waals surface area contributed by atoms with Gasteiger partial charge in [-0.3, -0.25) is 9.78 Å². The number of carbonyl (C=O) groups is 1. The van der Waals surface area contributed by atoms with Crippen molar-refractivity contribution in [1.82, 2.24) is 20.0 Å². The number of aromatic amines is 1. The van der Waals surface area contributed by atoms with E-state index in [0.717, 1.165) is 28.8 Å². The van der Waals surface area contributed by atoms with Crippen molar-refractivity contribution in [1.29, 1.82) is 0 Å². The van der Waals surface area contributed by atoms with Gasteiger partial charge in [-0.15, -0.1) is 0 Å². The molecule has 3 N–H and O–H groups in total. The van der Waals surface area contributed by atoms with Crippen LogP contribution in [0, 0.1) is 0 Å². The number of nitrogens with zero attached hydrogens (tertiary/aromatic N) is 3. The molecule has 0 fully saturated rings. The molecule has 1 aliphatic carbocycles. The van der Waals surface area contributed by atoms with Gasteiger partial charge >= 0.3 is 5.97 Å². The Morgan fingerprint density at radius 2 is 1.84 bits per heavy atom. The smallest absolute Gasteiger partial charge is 0.362 e. The van der Waals surface area contributed by atoms with Gasteiger partial charge in [-0.25, -0.2) is 18.4 Å². The zero-order valence-corrected chi connectivity index (χ0v) is 17.7. The summed E-state index contributed by atoms with van der Waals surface area (Å²) in [6, 6.07) is 15.4. The molecule has 0 amide bonds. The Morgan fingerprint density at radius 1 is 1.09 bits per heavy atom. The Balaban J connectivity index is 1.38. The number of ether oxygens (including phenoxy) is 1. The van der Waals surface area contributed by atoms with E-state index in [-0.39, 0.29) is 16.3 Å². The van der Waals surface area contributed by atoms with Crippen molar-refractivity contribution in [3.05, 3.63) is 83.3 Å². The van der Waals surface area contributed by atoms with Crippen LogP contribution in [0.2, 0.25) is 0 Å². The minimum absolute atomic E-state index is 0.0590. The van der Waals surface area contributed by atoms with Crippen molar-refractivity contribution in [2.24, 2.45) is 5.14 Å². The van der Waals surface area contributed by atoms with E-state index in [1.807, 2.05) is 22.9 Å². The molecule has 162 valence electrons. The number of carbonyl (C=O) groups excluding carboxylic acids is 1. The second-order valence-corrected chi connectivity index (χ2v) is 9.04. The number of fused-ring (bicyclic) bond motifs is 3. The van der Waals surface area contributed by atoms with Crippen LogP contribution in [0.1, 0.15) is 27.3 Å². The molecular weight excluding hydrogens is 430 g/mol. The van der Waals surface area contributed by atoms with Crippen LogP contribution in [0.5, 0.6) is 5.75 Å². The monoisotopic (exact) mass is 449 g/mol. The predicted octanol–water partition coefficient (Wildman–Crippen LogP) is 2.29. The van der Waals surface area contributed by atoms with Crippen LogP contribution in [-0.4, -0.2) is 34.4 Å². The van der Waals surface area contributed by atoms with E-state index in [9.17, 15) is 13.2 Å². The molecule has 2 aromatic heterocycles. The number of H-pyrrole nitrogens is 1. The van der Waals surface area contributed by atoms with Crippen molar-refractivity contribution in [2.75, 3.05) is 0 Å². The number of nitrogens with two attached hydrogens (primary N) is 1. The van der Waals surface area contributed by atoms with E-state index in [4.69, 9.17) is 9.88 Å². The lowest BCUT2D eigenvalue weighted by atomic mass is 9.94. The Morgan fingerprint density at radius 3 is 2.56 bits per heavy atom. The molecule has 0 atom stereocenters. The molecule has 4 aromatic rings. The Kier molecular flexibility index (Phi) is 4.87. The average molecular weight is 449 g/mol. The summed E-state index contributed by atoms with van der Waals surface area (Å²) < 4.78 is 30.1. The molecule has 0 saturated heterocycles. The first kappa shape index (κ1) is 20.2. The van der Waals surface area contributed by atoms with E-state index in [1.165, 1.54) is 24.3 Å². The van der Waals surface area contributed by atoms with Gasteiger partial charge in [-0.2, -0.15) is 10.2 Å². The van der Waals surface area contributed by atoms with Crippen LogP contribution in [0.3, 0.4) is 0 Å². The van der Waals surface area contributed by atoms with Gasteiger partial charge < -0.3 is 4.74 Å². The Labute approximate surface area is 183 Å². The van der Waals surface area contributed by atoms with Crippen LogP contribution >= 0.6 is 0 Å². The largest absolute Gasteiger partial charge is 0.422 e. The second kappa shape index (κ2) is 7.74. The maximum Gasteiger partial charge on any atom is 0.362 e. The van der Waals surface area contributed by atoms with E-state index in [1.54, 1.807) is 6.20 Å². The van der Waals surface area contributed by atoms with Crippen LogP contribution < -0.4 is 9.88 Å². The zero-order chi connectivity index (χ0) is 22.3. The van der Waals surface area contributed by atoms with Crippen LogP contribution in [0.25, 0.3) is 11.3 Å². The quantitative estimate of drug-likeness (QED) is 0.355. The fourth-order valence-corrected chi connectivity index (χ4v) is 4.38. The van der Waals surface area contributed by atoms with Gasteiger partial charge in [0.1, 0.15) is 11.4 Å². The molecule has 0 aliphatic heterocycles. The highest BCUT2D eigenvalue weighted by Crippen LogP contribution is 2.34. The van der Waals surface area contributed by atoms with Crippen molar-refractivity contribution >= 4 is 16.0 Å². The standard InChI is InChI=1S/C22H19N5O4S/c23-32(29,30)16-8-6-15(7-9-16)31-22(28)21-17-10-11-19-18(20(17)25-26-21)12-24-27(19)13-14-4-2-1-3-5-14/h1-9,12H,10-11,13H2,(H,25,26)(H2,23,29,30). The van der Waals surface area contributed by atoms with E-state index < -0.39 is 16.0 Å². The average Bonchev–Trinajstić information content (AvgIpc) is 3.38. The summed E-state index contributed by atoms with van der Waals surface area (Å²) in [5.74, 6) is -0.389. The molecule has 32 heavy (non-hydrogen) atoms. The molecule has 9 nitrogen and oxygen atoms in total. The lowest BCUT2D eigenvalue weighted by molar-refractivity contribution is 0.0727. The molecular formula is C22H19N5O4S. The molecule has 2 aromatic carbocycles. The van der Waals surface area contributed by atoms with Gasteiger partial charge in [0.15, 0.2) is 0 Å². The summed E-state index contributed by atoms with van der Waals surface area (Å²) in [5, 5.41) is 16.8. The molecule has 1 aliphatic rings. The lowest BCUT2D eigenvalue weighted by Gasteiger charge is -2.15. The molecule has 5 rings (SSSR count). The maximum atomic E-state index is 12.7. The zero-order valence-electron chi connectivity index (χ0n) is 16.9. The van der Waals surface area contributed by atoms with E-state index in [2.05, 4.69) is 27.4 Å². The summed E-state index contributed by atoms with van der Waals surface area (Å²) in [6.45, 7) is 0.666. The van der Waals surface area contributed by atoms with Crippen molar-refractivity contribution in [3.8, 4) is 17.0 Å². The highest BCUT2D eigenvalue weighted by Gasteiger charge is 2.29. The highest BCUT2D eigenvalue weighted by molar-refractivity contribution is 7.89. The first-order valence-corrected chi connectivity index (χ1v) is 11.5. The molecule has 0 bridgehead atoms. The number of primary sulfonamides is 1. The number of sulfonamides is 1. The molecule has 0 unspecified atom stereocenters. The normalized spacial score (nSPS) is 12.8. The fraction of sp³-hybridized carbons (Fsp3) is 0.136. The molecule has 0 saturated carbocycles. The Bertz CT molecular complexity index is 1410. The van der Waals surface area contributed by atoms with Crippen molar-refractivity contribution < 1.29 is 17.9 Å². The number of nitrogens with one attached hydrogen (secondary N) is 1. The number of benzene rings is 2.